The second-order valence-electron chi connectivity index (χ2n) is 6.00. The first-order chi connectivity index (χ1) is 13.8. The molecule has 0 unspecified atom stereocenters. The van der Waals surface area contributed by atoms with Gasteiger partial charge in [0.25, 0.3) is 0 Å². The van der Waals surface area contributed by atoms with Gasteiger partial charge in [0.15, 0.2) is 12.6 Å². The molecule has 3 nitrogen and oxygen atoms in total. The smallest absolute Gasteiger partial charge is 0.150 e. The van der Waals surface area contributed by atoms with Crippen LogP contribution >= 0.6 is 0 Å². The van der Waals surface area contributed by atoms with Gasteiger partial charge in [-0.15, -0.1) is 6.42 Å². The van der Waals surface area contributed by atoms with Gasteiger partial charge in [-0.1, -0.05) is 72.7 Å². The van der Waals surface area contributed by atoms with E-state index in [2.05, 4.69) is 5.92 Å². The van der Waals surface area contributed by atoms with Gasteiger partial charge in [-0.05, 0) is 28.3 Å². The van der Waals surface area contributed by atoms with E-state index in [0.717, 1.165) is 39.7 Å². The Morgan fingerprint density at radius 1 is 0.714 bits per heavy atom. The Hall–Kier alpha value is -3.90. The molecule has 0 saturated heterocycles. The quantitative estimate of drug-likeness (QED) is 0.363. The Kier molecular flexibility index (Phi) is 6.17. The number of hydrogen-bond acceptors (Lipinski definition) is 3. The average Bonchev–Trinajstić information content (AvgIpc) is 2.77. The summed E-state index contributed by atoms with van der Waals surface area (Å²) in [6.45, 7) is 0.227. The SMILES string of the molecule is C#CCOc1ccc(C=O)c2ccccc12.O=Cc1cccc2ccccc12. The van der Waals surface area contributed by atoms with E-state index in [1.807, 2.05) is 66.7 Å². The first-order valence-electron chi connectivity index (χ1n) is 8.74. The number of rotatable bonds is 4. The fourth-order valence-corrected chi connectivity index (χ4v) is 3.00. The average molecular weight is 366 g/mol. The summed E-state index contributed by atoms with van der Waals surface area (Å²) in [5.74, 6) is 3.13. The predicted molar refractivity (Wildman–Crippen MR) is 113 cm³/mol. The number of carbonyl (C=O) groups is 2. The van der Waals surface area contributed by atoms with Gasteiger partial charge in [-0.3, -0.25) is 9.59 Å². The topological polar surface area (TPSA) is 43.4 Å². The highest BCUT2D eigenvalue weighted by Crippen LogP contribution is 2.27. The summed E-state index contributed by atoms with van der Waals surface area (Å²) >= 11 is 0. The molecule has 0 fully saturated rings. The Bertz CT molecular complexity index is 1160. The van der Waals surface area contributed by atoms with E-state index >= 15 is 0 Å². The van der Waals surface area contributed by atoms with Crippen LogP contribution in [0.15, 0.2) is 78.9 Å². The summed E-state index contributed by atoms with van der Waals surface area (Å²) in [5.41, 5.74) is 1.41. The normalized spacial score (nSPS) is 9.82. The monoisotopic (exact) mass is 366 g/mol. The van der Waals surface area contributed by atoms with Crippen molar-refractivity contribution in [3.63, 3.8) is 0 Å². The van der Waals surface area contributed by atoms with Crippen LogP contribution in [0.25, 0.3) is 21.5 Å². The minimum atomic E-state index is 0.227. The second-order valence-corrected chi connectivity index (χ2v) is 6.00. The maximum Gasteiger partial charge on any atom is 0.150 e. The maximum absolute atomic E-state index is 10.9. The molecule has 4 aromatic rings. The molecule has 0 heterocycles. The third-order valence-corrected chi connectivity index (χ3v) is 4.31. The van der Waals surface area contributed by atoms with Gasteiger partial charge in [0.2, 0.25) is 0 Å². The highest BCUT2D eigenvalue weighted by Gasteiger charge is 2.05. The Morgan fingerprint density at radius 2 is 1.32 bits per heavy atom. The van der Waals surface area contributed by atoms with Crippen molar-refractivity contribution in [3.8, 4) is 18.1 Å². The van der Waals surface area contributed by atoms with Gasteiger partial charge in [0, 0.05) is 16.5 Å². The van der Waals surface area contributed by atoms with E-state index < -0.39 is 0 Å². The fourth-order valence-electron chi connectivity index (χ4n) is 3.00. The molecule has 0 atom stereocenters. The summed E-state index contributed by atoms with van der Waals surface area (Å²) in [5, 5.41) is 3.92. The van der Waals surface area contributed by atoms with E-state index in [4.69, 9.17) is 11.2 Å². The molecule has 4 aromatic carbocycles. The molecule has 28 heavy (non-hydrogen) atoms. The van der Waals surface area contributed by atoms with Crippen molar-refractivity contribution >= 4 is 34.1 Å². The standard InChI is InChI=1S/C14H10O2.C11H8O/c1-2-9-16-14-8-7-11(10-15)12-5-3-4-6-13(12)14;12-8-10-6-3-5-9-4-1-2-7-11(9)10/h1,3-8,10H,9H2;1-8H. The van der Waals surface area contributed by atoms with E-state index in [1.165, 1.54) is 0 Å². The highest BCUT2D eigenvalue weighted by atomic mass is 16.5. The minimum Gasteiger partial charge on any atom is -0.480 e. The van der Waals surface area contributed by atoms with Gasteiger partial charge >= 0.3 is 0 Å². The van der Waals surface area contributed by atoms with E-state index in [1.54, 1.807) is 12.1 Å². The minimum absolute atomic E-state index is 0.227. The lowest BCUT2D eigenvalue weighted by atomic mass is 10.0. The summed E-state index contributed by atoms with van der Waals surface area (Å²) in [6, 6.07) is 24.7. The lowest BCUT2D eigenvalue weighted by Crippen LogP contribution is -1.95. The number of terminal acetylenes is 1. The van der Waals surface area contributed by atoms with Crippen LogP contribution in [0, 0.1) is 12.3 Å². The van der Waals surface area contributed by atoms with Crippen molar-refractivity contribution < 1.29 is 14.3 Å². The molecule has 0 amide bonds. The zero-order valence-electron chi connectivity index (χ0n) is 15.2. The molecule has 4 rings (SSSR count). The van der Waals surface area contributed by atoms with Gasteiger partial charge in [0.1, 0.15) is 12.4 Å². The largest absolute Gasteiger partial charge is 0.480 e. The number of benzene rings is 4. The molecule has 0 bridgehead atoms. The Balaban J connectivity index is 0.000000167. The number of aldehydes is 2. The van der Waals surface area contributed by atoms with Crippen LogP contribution in [0.3, 0.4) is 0 Å². The molecule has 0 N–H and O–H groups in total. The van der Waals surface area contributed by atoms with Crippen LogP contribution in [0.5, 0.6) is 5.75 Å². The Labute approximate surface area is 163 Å². The van der Waals surface area contributed by atoms with E-state index in [0.29, 0.717) is 11.3 Å². The second kappa shape index (κ2) is 9.16. The number of carbonyl (C=O) groups excluding carboxylic acids is 2. The van der Waals surface area contributed by atoms with Crippen molar-refractivity contribution in [1.29, 1.82) is 0 Å². The molecule has 0 aromatic heterocycles. The maximum atomic E-state index is 10.9. The number of fused-ring (bicyclic) bond motifs is 2. The molecular formula is C25H18O3. The van der Waals surface area contributed by atoms with Gasteiger partial charge < -0.3 is 4.74 Å². The van der Waals surface area contributed by atoms with E-state index in [-0.39, 0.29) is 6.61 Å². The fraction of sp³-hybridized carbons (Fsp3) is 0.0400. The molecule has 0 aliphatic heterocycles. The van der Waals surface area contributed by atoms with Gasteiger partial charge in [-0.2, -0.15) is 0 Å². The zero-order chi connectivity index (χ0) is 19.8. The molecule has 0 aliphatic rings. The van der Waals surface area contributed by atoms with Crippen molar-refractivity contribution in [1.82, 2.24) is 0 Å². The number of hydrogen-bond donors (Lipinski definition) is 0. The van der Waals surface area contributed by atoms with Crippen LogP contribution < -0.4 is 4.74 Å². The van der Waals surface area contributed by atoms with Gasteiger partial charge in [0.05, 0.1) is 0 Å². The van der Waals surface area contributed by atoms with E-state index in [9.17, 15) is 9.59 Å². The molecule has 0 radical (unpaired) electrons. The number of ether oxygens (including phenoxy) is 1. The van der Waals surface area contributed by atoms with Crippen molar-refractivity contribution in [2.45, 2.75) is 0 Å². The highest BCUT2D eigenvalue weighted by molar-refractivity contribution is 6.01. The molecule has 136 valence electrons. The first-order valence-corrected chi connectivity index (χ1v) is 8.74. The molecular weight excluding hydrogens is 348 g/mol. The molecule has 3 heteroatoms. The van der Waals surface area contributed by atoms with Gasteiger partial charge in [-0.25, -0.2) is 0 Å². The third-order valence-electron chi connectivity index (χ3n) is 4.31. The Morgan fingerprint density at radius 3 is 2.04 bits per heavy atom. The zero-order valence-corrected chi connectivity index (χ0v) is 15.2. The van der Waals surface area contributed by atoms with Crippen LogP contribution in [-0.4, -0.2) is 19.2 Å². The van der Waals surface area contributed by atoms with Crippen LogP contribution in [-0.2, 0) is 0 Å². The third kappa shape index (κ3) is 4.08. The summed E-state index contributed by atoms with van der Waals surface area (Å²) in [6.07, 6.45) is 6.88. The lowest BCUT2D eigenvalue weighted by Gasteiger charge is -2.08. The first kappa shape index (κ1) is 18.9. The van der Waals surface area contributed by atoms with Crippen LogP contribution in [0.4, 0.5) is 0 Å². The summed E-state index contributed by atoms with van der Waals surface area (Å²) in [7, 11) is 0. The van der Waals surface area contributed by atoms with Crippen molar-refractivity contribution in [2.75, 3.05) is 6.61 Å². The predicted octanol–water partition coefficient (Wildman–Crippen LogP) is 5.32. The summed E-state index contributed by atoms with van der Waals surface area (Å²) < 4.78 is 5.42. The lowest BCUT2D eigenvalue weighted by molar-refractivity contribution is 0.111. The van der Waals surface area contributed by atoms with Crippen LogP contribution in [0.1, 0.15) is 20.7 Å². The van der Waals surface area contributed by atoms with Crippen molar-refractivity contribution in [2.24, 2.45) is 0 Å². The summed E-state index contributed by atoms with van der Waals surface area (Å²) in [4.78, 5) is 21.5. The molecule has 0 saturated carbocycles. The van der Waals surface area contributed by atoms with Crippen molar-refractivity contribution in [3.05, 3.63) is 90.0 Å². The molecule has 0 aliphatic carbocycles. The molecule has 0 spiro atoms. The van der Waals surface area contributed by atoms with Crippen LogP contribution in [0.2, 0.25) is 0 Å².